The lowest BCUT2D eigenvalue weighted by atomic mass is 9.95. The summed E-state index contributed by atoms with van der Waals surface area (Å²) in [7, 11) is 0. The minimum atomic E-state index is -0.645. The van der Waals surface area contributed by atoms with Crippen LogP contribution >= 0.6 is 11.6 Å². The monoisotopic (exact) mass is 496 g/mol. The van der Waals surface area contributed by atoms with Crippen LogP contribution in [0.25, 0.3) is 5.76 Å². The second kappa shape index (κ2) is 12.9. The molecule has 0 saturated carbocycles. The zero-order valence-corrected chi connectivity index (χ0v) is 21.9. The number of aliphatic hydroxyl groups excluding tert-OH is 1. The van der Waals surface area contributed by atoms with E-state index in [-0.39, 0.29) is 11.3 Å². The van der Waals surface area contributed by atoms with E-state index in [2.05, 4.69) is 18.7 Å². The highest BCUT2D eigenvalue weighted by Gasteiger charge is 2.45. The molecule has 3 rings (SSSR count). The molecule has 5 nitrogen and oxygen atoms in total. The minimum absolute atomic E-state index is 0.134. The molecule has 1 fully saturated rings. The summed E-state index contributed by atoms with van der Waals surface area (Å²) in [6.07, 6.45) is 5.35. The summed E-state index contributed by atoms with van der Waals surface area (Å²) in [6, 6.07) is 13.8. The maximum atomic E-state index is 13.2. The number of benzene rings is 2. The molecule has 1 aliphatic heterocycles. The maximum Gasteiger partial charge on any atom is 0.295 e. The highest BCUT2D eigenvalue weighted by molar-refractivity contribution is 6.46. The first-order chi connectivity index (χ1) is 16.9. The van der Waals surface area contributed by atoms with Gasteiger partial charge in [-0.1, -0.05) is 80.3 Å². The largest absolute Gasteiger partial charge is 0.507 e. The molecule has 1 atom stereocenters. The number of likely N-dealkylation sites (tertiary alicyclic amines) is 1. The normalized spacial score (nSPS) is 17.5. The molecule has 1 aliphatic rings. The molecular formula is C29H37ClN2O3. The lowest BCUT2D eigenvalue weighted by Crippen LogP contribution is -2.34. The summed E-state index contributed by atoms with van der Waals surface area (Å²) in [6.45, 7) is 9.74. The first-order valence-electron chi connectivity index (χ1n) is 12.7. The first-order valence-corrected chi connectivity index (χ1v) is 13.1. The van der Waals surface area contributed by atoms with Crippen LogP contribution in [0.5, 0.6) is 0 Å². The SMILES string of the molecule is CCCCN(CCCC)CCCN1C(=O)C(=O)C(=C(O)c2ccc(C)cc2)[C@@H]1c1ccc(Cl)cc1. The third-order valence-corrected chi connectivity index (χ3v) is 6.83. The van der Waals surface area contributed by atoms with E-state index in [1.807, 2.05) is 31.2 Å². The third-order valence-electron chi connectivity index (χ3n) is 6.58. The Labute approximate surface area is 214 Å². The van der Waals surface area contributed by atoms with Gasteiger partial charge < -0.3 is 14.9 Å². The smallest absolute Gasteiger partial charge is 0.295 e. The number of aryl methyl sites for hydroxylation is 1. The van der Waals surface area contributed by atoms with Gasteiger partial charge in [-0.25, -0.2) is 0 Å². The second-order valence-electron chi connectivity index (χ2n) is 9.31. The van der Waals surface area contributed by atoms with Crippen LogP contribution in [-0.4, -0.2) is 52.8 Å². The van der Waals surface area contributed by atoms with Crippen molar-refractivity contribution in [2.45, 2.75) is 58.9 Å². The van der Waals surface area contributed by atoms with Gasteiger partial charge in [0.2, 0.25) is 0 Å². The van der Waals surface area contributed by atoms with E-state index >= 15 is 0 Å². The number of nitrogens with zero attached hydrogens (tertiary/aromatic N) is 2. The number of hydrogen-bond donors (Lipinski definition) is 1. The molecule has 1 N–H and O–H groups in total. The molecule has 188 valence electrons. The summed E-state index contributed by atoms with van der Waals surface area (Å²) >= 11 is 6.11. The van der Waals surface area contributed by atoms with Crippen molar-refractivity contribution in [1.82, 2.24) is 9.80 Å². The summed E-state index contributed by atoms with van der Waals surface area (Å²) in [5, 5.41) is 11.7. The number of ketones is 1. The number of carbonyl (C=O) groups excluding carboxylic acids is 2. The van der Waals surface area contributed by atoms with Crippen LogP contribution in [0.15, 0.2) is 54.1 Å². The van der Waals surface area contributed by atoms with Gasteiger partial charge in [0, 0.05) is 17.1 Å². The van der Waals surface area contributed by atoms with Crippen molar-refractivity contribution in [3.8, 4) is 0 Å². The van der Waals surface area contributed by atoms with Gasteiger partial charge in [-0.05, 0) is 63.5 Å². The summed E-state index contributed by atoms with van der Waals surface area (Å²) in [5.41, 5.74) is 2.47. The van der Waals surface area contributed by atoms with E-state index < -0.39 is 17.7 Å². The number of amides is 1. The molecule has 0 bridgehead atoms. The van der Waals surface area contributed by atoms with Crippen LogP contribution in [0, 0.1) is 6.92 Å². The molecule has 1 amide bonds. The molecule has 0 unspecified atom stereocenters. The summed E-state index contributed by atoms with van der Waals surface area (Å²) in [5.74, 6) is -1.34. The third kappa shape index (κ3) is 6.74. The molecular weight excluding hydrogens is 460 g/mol. The van der Waals surface area contributed by atoms with Gasteiger partial charge >= 0.3 is 0 Å². The Bertz CT molecular complexity index is 1020. The number of Topliss-reactive ketones (excluding diaryl/α,β-unsaturated/α-hetero) is 1. The van der Waals surface area contributed by atoms with Gasteiger partial charge in [0.05, 0.1) is 11.6 Å². The van der Waals surface area contributed by atoms with E-state index in [1.165, 1.54) is 0 Å². The number of rotatable bonds is 12. The van der Waals surface area contributed by atoms with Crippen molar-refractivity contribution in [2.75, 3.05) is 26.2 Å². The fraction of sp³-hybridized carbons (Fsp3) is 0.448. The summed E-state index contributed by atoms with van der Waals surface area (Å²) in [4.78, 5) is 30.4. The number of unbranched alkanes of at least 4 members (excludes halogenated alkanes) is 2. The van der Waals surface area contributed by atoms with Gasteiger partial charge in [-0.15, -0.1) is 0 Å². The quantitative estimate of drug-likeness (QED) is 0.211. The van der Waals surface area contributed by atoms with Crippen LogP contribution in [0.2, 0.25) is 5.02 Å². The van der Waals surface area contributed by atoms with Crippen LogP contribution in [-0.2, 0) is 9.59 Å². The van der Waals surface area contributed by atoms with Gasteiger partial charge in [0.15, 0.2) is 0 Å². The molecule has 0 aliphatic carbocycles. The highest BCUT2D eigenvalue weighted by atomic mass is 35.5. The molecule has 6 heteroatoms. The molecule has 0 aromatic heterocycles. The zero-order chi connectivity index (χ0) is 25.4. The zero-order valence-electron chi connectivity index (χ0n) is 21.1. The van der Waals surface area contributed by atoms with Crippen LogP contribution in [0.4, 0.5) is 0 Å². The Hall–Kier alpha value is -2.63. The first kappa shape index (κ1) is 27.0. The Balaban J connectivity index is 1.90. The number of carbonyl (C=O) groups is 2. The van der Waals surface area contributed by atoms with Gasteiger partial charge in [-0.3, -0.25) is 9.59 Å². The second-order valence-corrected chi connectivity index (χ2v) is 9.75. The molecule has 1 heterocycles. The minimum Gasteiger partial charge on any atom is -0.507 e. The molecule has 2 aromatic rings. The number of aliphatic hydroxyl groups is 1. The van der Waals surface area contributed by atoms with Crippen LogP contribution in [0.3, 0.4) is 0 Å². The van der Waals surface area contributed by atoms with Crippen molar-refractivity contribution in [3.63, 3.8) is 0 Å². The van der Waals surface area contributed by atoms with Gasteiger partial charge in [0.1, 0.15) is 5.76 Å². The Morgan fingerprint density at radius 3 is 2.06 bits per heavy atom. The number of halogens is 1. The Morgan fingerprint density at radius 2 is 1.49 bits per heavy atom. The summed E-state index contributed by atoms with van der Waals surface area (Å²) < 4.78 is 0. The average Bonchev–Trinajstić information content (AvgIpc) is 3.10. The topological polar surface area (TPSA) is 60.9 Å². The van der Waals surface area contributed by atoms with Crippen molar-refractivity contribution < 1.29 is 14.7 Å². The Morgan fingerprint density at radius 1 is 0.914 bits per heavy atom. The van der Waals surface area contributed by atoms with Crippen molar-refractivity contribution in [2.24, 2.45) is 0 Å². The van der Waals surface area contributed by atoms with E-state index in [4.69, 9.17) is 11.6 Å². The molecule has 0 radical (unpaired) electrons. The van der Waals surface area contributed by atoms with E-state index in [0.717, 1.165) is 62.9 Å². The predicted molar refractivity (Wildman–Crippen MR) is 143 cm³/mol. The molecule has 0 spiro atoms. The fourth-order valence-electron chi connectivity index (χ4n) is 4.53. The van der Waals surface area contributed by atoms with E-state index in [9.17, 15) is 14.7 Å². The van der Waals surface area contributed by atoms with Gasteiger partial charge in [-0.2, -0.15) is 0 Å². The van der Waals surface area contributed by atoms with E-state index in [0.29, 0.717) is 17.1 Å². The molecule has 1 saturated heterocycles. The highest BCUT2D eigenvalue weighted by Crippen LogP contribution is 2.39. The molecule has 35 heavy (non-hydrogen) atoms. The van der Waals surface area contributed by atoms with Crippen molar-refractivity contribution >= 4 is 29.1 Å². The maximum absolute atomic E-state index is 13.2. The Kier molecular flexibility index (Phi) is 9.93. The average molecular weight is 497 g/mol. The van der Waals surface area contributed by atoms with Crippen molar-refractivity contribution in [3.05, 3.63) is 75.8 Å². The van der Waals surface area contributed by atoms with Crippen molar-refractivity contribution in [1.29, 1.82) is 0 Å². The lowest BCUT2D eigenvalue weighted by molar-refractivity contribution is -0.140. The predicted octanol–water partition coefficient (Wildman–Crippen LogP) is 6.36. The lowest BCUT2D eigenvalue weighted by Gasteiger charge is -2.27. The standard InChI is InChI=1S/C29H37ClN2O3/c1-4-6-17-31(18-7-5-2)19-8-20-32-26(22-13-15-24(30)16-14-22)25(28(34)29(32)35)27(33)23-11-9-21(3)10-12-23/h9-16,26,33H,4-8,17-20H2,1-3H3/t26-/m0/s1. The fourth-order valence-corrected chi connectivity index (χ4v) is 4.66. The molecule has 2 aromatic carbocycles. The van der Waals surface area contributed by atoms with Crippen LogP contribution in [0.1, 0.15) is 68.7 Å². The van der Waals surface area contributed by atoms with Gasteiger partial charge in [0.25, 0.3) is 11.7 Å². The van der Waals surface area contributed by atoms with Crippen LogP contribution < -0.4 is 0 Å². The van der Waals surface area contributed by atoms with E-state index in [1.54, 1.807) is 29.2 Å². The number of hydrogen-bond acceptors (Lipinski definition) is 4.